The first-order valence-corrected chi connectivity index (χ1v) is 24.8. The van der Waals surface area contributed by atoms with Crippen LogP contribution in [-0.2, 0) is 16.3 Å². The number of ether oxygens (including phenoxy) is 2. The van der Waals surface area contributed by atoms with Crippen LogP contribution >= 0.6 is 0 Å². The number of rotatable bonds is 26. The molecule has 0 saturated heterocycles. The van der Waals surface area contributed by atoms with Crippen LogP contribution in [0.4, 0.5) is 0 Å². The highest BCUT2D eigenvalue weighted by Crippen LogP contribution is 2.41. The highest BCUT2D eigenvalue weighted by atomic mass is 32.2. The Morgan fingerprint density at radius 3 is 1.58 bits per heavy atom. The van der Waals surface area contributed by atoms with E-state index in [1.807, 2.05) is 39.0 Å². The van der Waals surface area contributed by atoms with Gasteiger partial charge in [-0.3, -0.25) is 0 Å². The van der Waals surface area contributed by atoms with Gasteiger partial charge in [-0.05, 0) is 170 Å². The smallest absolute Gasteiger partial charge is 0.185 e. The number of fused-ring (bicyclic) bond motifs is 1. The van der Waals surface area contributed by atoms with Crippen molar-refractivity contribution in [3.05, 3.63) is 147 Å². The molecular formula is C57H80O4S. The second kappa shape index (κ2) is 27.0. The number of hydrogen-bond donors (Lipinski definition) is 0. The highest BCUT2D eigenvalue weighted by Gasteiger charge is 2.28. The largest absolute Gasteiger partial charge is 0.493 e. The summed E-state index contributed by atoms with van der Waals surface area (Å²) in [5.41, 5.74) is 11.3. The average Bonchev–Trinajstić information content (AvgIpc) is 3.24. The van der Waals surface area contributed by atoms with Crippen LogP contribution in [0, 0.1) is 12.8 Å². The fourth-order valence-electron chi connectivity index (χ4n) is 7.85. The molecule has 62 heavy (non-hydrogen) atoms. The predicted octanol–water partition coefficient (Wildman–Crippen LogP) is 16.5. The van der Waals surface area contributed by atoms with Crippen LogP contribution in [0.5, 0.6) is 11.5 Å². The molecule has 0 aromatic heterocycles. The lowest BCUT2D eigenvalue weighted by atomic mass is 9.95. The van der Waals surface area contributed by atoms with Gasteiger partial charge in [-0.2, -0.15) is 0 Å². The molecule has 0 amide bonds. The normalized spacial score (nSPS) is 14.6. The zero-order valence-corrected chi connectivity index (χ0v) is 41.4. The molecule has 338 valence electrons. The first-order chi connectivity index (χ1) is 29.6. The van der Waals surface area contributed by atoms with Gasteiger partial charge in [0.2, 0.25) is 0 Å². The molecule has 4 nitrogen and oxygen atoms in total. The van der Waals surface area contributed by atoms with Gasteiger partial charge in [0.1, 0.15) is 11.5 Å². The van der Waals surface area contributed by atoms with E-state index in [9.17, 15) is 8.42 Å². The second-order valence-corrected chi connectivity index (χ2v) is 19.8. The number of allylic oxidation sites excluding steroid dienone is 13. The van der Waals surface area contributed by atoms with Crippen molar-refractivity contribution >= 4 is 20.6 Å². The molecule has 0 heterocycles. The van der Waals surface area contributed by atoms with Gasteiger partial charge in [0.05, 0.1) is 23.4 Å². The maximum Gasteiger partial charge on any atom is 0.185 e. The Hall–Kier alpha value is -4.35. The Labute approximate surface area is 378 Å². The van der Waals surface area contributed by atoms with Gasteiger partial charge >= 0.3 is 0 Å². The standard InChI is InChI=1S/C57H80O4S/c1-13-60-56-50(12)52(57(61-14-2)54-35-19-18-34-53(54)56)40-39-49(11)55(62(58,59)51-32-16-15-17-33-51)41-37-46(8)29-22-27-44(6)30-23-31-47(9)48(10)38-36-45(7)28-21-26-43(5)25-20-24-42(3)4/h15-19,24,26-27,31-37,39,48,55H,13-14,20-23,25,28-30,38,40-41H2,1-12H3/b43-26+,44-27+,45-36+,46-37+,47-31+,49-39+. The third kappa shape index (κ3) is 16.7. The summed E-state index contributed by atoms with van der Waals surface area (Å²) in [6.45, 7) is 27.0. The quantitative estimate of drug-likeness (QED) is 0.0755. The Balaban J connectivity index is 1.65. The Bertz CT molecular complexity index is 2200. The Morgan fingerprint density at radius 1 is 0.565 bits per heavy atom. The average molecular weight is 861 g/mol. The number of hydrogen-bond acceptors (Lipinski definition) is 4. The molecule has 0 spiro atoms. The van der Waals surface area contributed by atoms with Crippen LogP contribution in [0.25, 0.3) is 10.8 Å². The van der Waals surface area contributed by atoms with Crippen molar-refractivity contribution in [2.45, 2.75) is 164 Å². The van der Waals surface area contributed by atoms with Crippen molar-refractivity contribution in [3.8, 4) is 11.5 Å². The number of sulfone groups is 1. The van der Waals surface area contributed by atoms with E-state index in [1.165, 1.54) is 33.4 Å². The SMILES string of the molecule is CCOc1c(C)c(C/C=C(\C)C(C/C=C(\C)CC/C=C(\C)CC/C=C(\C)C(C)C/C=C(\C)CC/C=C(\C)CCC=C(C)C)S(=O)(=O)c2ccccc2)c(OCC)c2ccccc12. The molecule has 2 atom stereocenters. The maximum absolute atomic E-state index is 14.3. The minimum atomic E-state index is -3.65. The summed E-state index contributed by atoms with van der Waals surface area (Å²) >= 11 is 0. The summed E-state index contributed by atoms with van der Waals surface area (Å²) in [7, 11) is -3.65. The molecule has 0 aliphatic heterocycles. The molecule has 3 aromatic rings. The van der Waals surface area contributed by atoms with Gasteiger partial charge in [0.15, 0.2) is 9.84 Å². The molecule has 0 saturated carbocycles. The molecule has 3 aromatic carbocycles. The van der Waals surface area contributed by atoms with Crippen molar-refractivity contribution in [2.75, 3.05) is 13.2 Å². The molecule has 3 rings (SSSR count). The van der Waals surface area contributed by atoms with E-state index < -0.39 is 15.1 Å². The number of benzene rings is 3. The zero-order valence-electron chi connectivity index (χ0n) is 40.6. The van der Waals surface area contributed by atoms with Crippen LogP contribution in [0.1, 0.15) is 151 Å². The fourth-order valence-corrected chi connectivity index (χ4v) is 9.65. The van der Waals surface area contributed by atoms with Gasteiger partial charge in [-0.1, -0.05) is 131 Å². The lowest BCUT2D eigenvalue weighted by Gasteiger charge is -2.21. The van der Waals surface area contributed by atoms with Crippen LogP contribution in [0.2, 0.25) is 0 Å². The van der Waals surface area contributed by atoms with Crippen molar-refractivity contribution in [2.24, 2.45) is 5.92 Å². The first-order valence-electron chi connectivity index (χ1n) is 23.3. The molecule has 0 fully saturated rings. The van der Waals surface area contributed by atoms with Crippen molar-refractivity contribution in [3.63, 3.8) is 0 Å². The van der Waals surface area contributed by atoms with E-state index in [-0.39, 0.29) is 0 Å². The van der Waals surface area contributed by atoms with Crippen LogP contribution in [-0.4, -0.2) is 26.9 Å². The monoisotopic (exact) mass is 861 g/mol. The van der Waals surface area contributed by atoms with Gasteiger partial charge in [0.25, 0.3) is 0 Å². The van der Waals surface area contributed by atoms with Gasteiger partial charge in [-0.25, -0.2) is 8.42 Å². The Kier molecular flexibility index (Phi) is 22.6. The predicted molar refractivity (Wildman–Crippen MR) is 269 cm³/mol. The molecule has 5 heteroatoms. The minimum Gasteiger partial charge on any atom is -0.493 e. The molecule has 0 radical (unpaired) electrons. The summed E-state index contributed by atoms with van der Waals surface area (Å²) in [6, 6.07) is 17.1. The van der Waals surface area contributed by atoms with E-state index in [0.717, 1.165) is 96.8 Å². The van der Waals surface area contributed by atoms with Gasteiger partial charge in [0, 0.05) is 16.3 Å². The van der Waals surface area contributed by atoms with Gasteiger partial charge < -0.3 is 9.47 Å². The van der Waals surface area contributed by atoms with Crippen molar-refractivity contribution in [1.82, 2.24) is 0 Å². The highest BCUT2D eigenvalue weighted by molar-refractivity contribution is 7.92. The summed E-state index contributed by atoms with van der Waals surface area (Å²) in [5.74, 6) is 2.24. The third-order valence-electron chi connectivity index (χ3n) is 12.1. The van der Waals surface area contributed by atoms with Crippen molar-refractivity contribution < 1.29 is 17.9 Å². The van der Waals surface area contributed by atoms with E-state index in [1.54, 1.807) is 24.3 Å². The van der Waals surface area contributed by atoms with E-state index >= 15 is 0 Å². The van der Waals surface area contributed by atoms with E-state index in [2.05, 4.69) is 117 Å². The van der Waals surface area contributed by atoms with Crippen LogP contribution in [0.3, 0.4) is 0 Å². The lowest BCUT2D eigenvalue weighted by molar-refractivity contribution is 0.332. The molecule has 0 N–H and O–H groups in total. The molecule has 0 aliphatic carbocycles. The topological polar surface area (TPSA) is 52.6 Å². The van der Waals surface area contributed by atoms with E-state index in [4.69, 9.17) is 9.47 Å². The molecular weight excluding hydrogens is 781 g/mol. The fraction of sp³-hybridized carbons (Fsp3) is 0.474. The zero-order chi connectivity index (χ0) is 45.7. The summed E-state index contributed by atoms with van der Waals surface area (Å²) in [6.07, 6.45) is 26.7. The summed E-state index contributed by atoms with van der Waals surface area (Å²) < 4.78 is 41.0. The second-order valence-electron chi connectivity index (χ2n) is 17.6. The molecule has 0 bridgehead atoms. The summed E-state index contributed by atoms with van der Waals surface area (Å²) in [5, 5.41) is 1.34. The first kappa shape index (κ1) is 52.0. The summed E-state index contributed by atoms with van der Waals surface area (Å²) in [4.78, 5) is 0.350. The lowest BCUT2D eigenvalue weighted by Crippen LogP contribution is -2.22. The molecule has 0 aliphatic rings. The van der Waals surface area contributed by atoms with Crippen molar-refractivity contribution in [1.29, 1.82) is 0 Å². The minimum absolute atomic E-state index is 0.350. The van der Waals surface area contributed by atoms with Crippen LogP contribution in [0.15, 0.2) is 141 Å². The maximum atomic E-state index is 14.3. The Morgan fingerprint density at radius 2 is 1.03 bits per heavy atom. The van der Waals surface area contributed by atoms with E-state index in [0.29, 0.717) is 36.9 Å². The van der Waals surface area contributed by atoms with Crippen LogP contribution < -0.4 is 9.47 Å². The van der Waals surface area contributed by atoms with Gasteiger partial charge in [-0.15, -0.1) is 0 Å². The molecule has 2 unspecified atom stereocenters. The third-order valence-corrected chi connectivity index (χ3v) is 14.3.